The van der Waals surface area contributed by atoms with Gasteiger partial charge in [0.15, 0.2) is 0 Å². The molecule has 242 valence electrons. The van der Waals surface area contributed by atoms with Crippen LogP contribution in [0.25, 0.3) is 0 Å². The number of fused-ring (bicyclic) bond motifs is 1. The van der Waals surface area contributed by atoms with Crippen molar-refractivity contribution < 1.29 is 24.2 Å². The van der Waals surface area contributed by atoms with Crippen molar-refractivity contribution in [1.29, 1.82) is 0 Å². The van der Waals surface area contributed by atoms with Gasteiger partial charge in [0.25, 0.3) is 5.91 Å². The molecule has 2 amide bonds. The molecule has 8 nitrogen and oxygen atoms in total. The number of hydrogen-bond donors (Lipinski definition) is 2. The summed E-state index contributed by atoms with van der Waals surface area (Å²) in [5.74, 6) is 0.317. The van der Waals surface area contributed by atoms with Gasteiger partial charge in [-0.05, 0) is 76.8 Å². The van der Waals surface area contributed by atoms with Crippen LogP contribution in [0.4, 0.5) is 5.69 Å². The zero-order valence-electron chi connectivity index (χ0n) is 27.2. The smallest absolute Gasteiger partial charge is 0.258 e. The average molecular weight is 608 g/mol. The number of rotatable bonds is 8. The van der Waals surface area contributed by atoms with E-state index in [9.17, 15) is 14.7 Å². The molecule has 2 aromatic carbocycles. The minimum atomic E-state index is -0.411. The topological polar surface area (TPSA) is 91.3 Å². The molecule has 2 N–H and O–H groups in total. The molecule has 1 fully saturated rings. The van der Waals surface area contributed by atoms with Crippen LogP contribution in [0.5, 0.6) is 5.75 Å². The Hall–Kier alpha value is -2.94. The number of likely N-dealkylation sites (N-methyl/N-ethyl adjacent to an activating group) is 1. The fraction of sp³-hybridized carbons (Fsp3) is 0.611. The van der Waals surface area contributed by atoms with Crippen molar-refractivity contribution in [2.24, 2.45) is 11.8 Å². The summed E-state index contributed by atoms with van der Waals surface area (Å²) < 4.78 is 12.8. The van der Waals surface area contributed by atoms with Crippen LogP contribution in [0.1, 0.15) is 88.1 Å². The highest BCUT2D eigenvalue weighted by Gasteiger charge is 2.31. The Kier molecular flexibility index (Phi) is 13.1. The monoisotopic (exact) mass is 607 g/mol. The Morgan fingerprint density at radius 3 is 2.50 bits per heavy atom. The summed E-state index contributed by atoms with van der Waals surface area (Å²) in [5, 5.41) is 13.3. The lowest BCUT2D eigenvalue weighted by Gasteiger charge is -2.36. The minimum Gasteiger partial charge on any atom is -0.490 e. The molecule has 1 aliphatic heterocycles. The van der Waals surface area contributed by atoms with Crippen molar-refractivity contribution >= 4 is 17.5 Å². The number of aliphatic hydroxyl groups excluding tert-OH is 1. The number of aliphatic hydroxyl groups is 1. The zero-order chi connectivity index (χ0) is 31.5. The Morgan fingerprint density at radius 2 is 1.77 bits per heavy atom. The van der Waals surface area contributed by atoms with Crippen LogP contribution in [0.2, 0.25) is 0 Å². The second-order valence-electron chi connectivity index (χ2n) is 13.0. The van der Waals surface area contributed by atoms with E-state index in [1.807, 2.05) is 32.0 Å². The fourth-order valence-electron chi connectivity index (χ4n) is 6.34. The molecule has 0 bridgehead atoms. The highest BCUT2D eigenvalue weighted by molar-refractivity contribution is 6.00. The standard InChI is InChI=1S/C36H53N3O5/c1-26-22-39(27(2)25-40)36(42)32-21-31(37-35(41)30-16-9-6-10-17-30)18-19-33(32)44-28(3)13-11-12-20-43-34(26)24-38(4)23-29-14-7-5-8-15-29/h5,7-8,14-15,18-19,21,26-28,30,34,40H,6,9-13,16-17,20,22-25H2,1-4H3,(H,37,41)/t26-,27+,28+,34-/m1/s1. The van der Waals surface area contributed by atoms with Crippen LogP contribution in [0.3, 0.4) is 0 Å². The fourth-order valence-corrected chi connectivity index (χ4v) is 6.34. The van der Waals surface area contributed by atoms with E-state index >= 15 is 0 Å². The molecule has 0 aromatic heterocycles. The summed E-state index contributed by atoms with van der Waals surface area (Å²) in [6, 6.07) is 15.4. The van der Waals surface area contributed by atoms with Gasteiger partial charge in [-0.15, -0.1) is 0 Å². The van der Waals surface area contributed by atoms with Gasteiger partial charge in [0, 0.05) is 43.8 Å². The Bertz CT molecular complexity index is 1190. The second-order valence-corrected chi connectivity index (χ2v) is 13.0. The summed E-state index contributed by atoms with van der Waals surface area (Å²) >= 11 is 0. The lowest BCUT2D eigenvalue weighted by Crippen LogP contribution is -2.47. The molecule has 2 aliphatic rings. The van der Waals surface area contributed by atoms with E-state index in [0.717, 1.165) is 58.0 Å². The molecule has 1 heterocycles. The first-order chi connectivity index (χ1) is 21.2. The average Bonchev–Trinajstić information content (AvgIpc) is 3.03. The molecule has 1 saturated carbocycles. The van der Waals surface area contributed by atoms with Gasteiger partial charge < -0.3 is 24.8 Å². The third-order valence-electron chi connectivity index (χ3n) is 9.08. The van der Waals surface area contributed by atoms with Gasteiger partial charge >= 0.3 is 0 Å². The van der Waals surface area contributed by atoms with Crippen LogP contribution in [-0.2, 0) is 16.1 Å². The third-order valence-corrected chi connectivity index (χ3v) is 9.08. The van der Waals surface area contributed by atoms with E-state index < -0.39 is 6.04 Å². The van der Waals surface area contributed by atoms with Crippen LogP contribution in [0, 0.1) is 11.8 Å². The molecule has 0 radical (unpaired) electrons. The molecule has 0 saturated heterocycles. The zero-order valence-corrected chi connectivity index (χ0v) is 27.2. The van der Waals surface area contributed by atoms with Crippen LogP contribution < -0.4 is 10.1 Å². The molecule has 2 aromatic rings. The molecule has 44 heavy (non-hydrogen) atoms. The van der Waals surface area contributed by atoms with Gasteiger partial charge in [0.2, 0.25) is 5.91 Å². The molecule has 4 rings (SSSR count). The van der Waals surface area contributed by atoms with E-state index in [2.05, 4.69) is 48.5 Å². The summed E-state index contributed by atoms with van der Waals surface area (Å²) in [6.07, 6.45) is 7.66. The van der Waals surface area contributed by atoms with Crippen molar-refractivity contribution in [3.63, 3.8) is 0 Å². The molecule has 0 spiro atoms. The quantitative estimate of drug-likeness (QED) is 0.375. The van der Waals surface area contributed by atoms with E-state index in [1.165, 1.54) is 12.0 Å². The number of benzene rings is 2. The highest BCUT2D eigenvalue weighted by Crippen LogP contribution is 2.30. The number of carbonyl (C=O) groups is 2. The summed E-state index contributed by atoms with van der Waals surface area (Å²) in [7, 11) is 2.10. The molecule has 4 atom stereocenters. The first-order valence-electron chi connectivity index (χ1n) is 16.6. The lowest BCUT2D eigenvalue weighted by molar-refractivity contribution is -0.120. The van der Waals surface area contributed by atoms with Gasteiger partial charge in [0.1, 0.15) is 5.75 Å². The third kappa shape index (κ3) is 9.78. The predicted octanol–water partition coefficient (Wildman–Crippen LogP) is 6.13. The van der Waals surface area contributed by atoms with Gasteiger partial charge in [-0.3, -0.25) is 14.5 Å². The van der Waals surface area contributed by atoms with Crippen molar-refractivity contribution in [3.05, 3.63) is 59.7 Å². The number of hydrogen-bond acceptors (Lipinski definition) is 6. The van der Waals surface area contributed by atoms with Crippen LogP contribution in [-0.4, -0.2) is 78.3 Å². The van der Waals surface area contributed by atoms with Gasteiger partial charge in [-0.1, -0.05) is 56.5 Å². The van der Waals surface area contributed by atoms with E-state index in [4.69, 9.17) is 9.47 Å². The van der Waals surface area contributed by atoms with Gasteiger partial charge in [0.05, 0.1) is 30.4 Å². The van der Waals surface area contributed by atoms with E-state index in [-0.39, 0.29) is 42.5 Å². The molecule has 8 heteroatoms. The summed E-state index contributed by atoms with van der Waals surface area (Å²) in [5.41, 5.74) is 2.24. The number of nitrogens with zero attached hydrogens (tertiary/aromatic N) is 2. The summed E-state index contributed by atoms with van der Waals surface area (Å²) in [6.45, 7) is 8.43. The van der Waals surface area contributed by atoms with E-state index in [0.29, 0.717) is 30.2 Å². The normalized spacial score (nSPS) is 23.4. The van der Waals surface area contributed by atoms with E-state index in [1.54, 1.807) is 11.0 Å². The predicted molar refractivity (Wildman–Crippen MR) is 175 cm³/mol. The summed E-state index contributed by atoms with van der Waals surface area (Å²) in [4.78, 5) is 31.4. The first-order valence-corrected chi connectivity index (χ1v) is 16.6. The number of ether oxygens (including phenoxy) is 2. The minimum absolute atomic E-state index is 0.00610. The van der Waals surface area contributed by atoms with Gasteiger partial charge in [-0.25, -0.2) is 0 Å². The molecule has 1 aliphatic carbocycles. The van der Waals surface area contributed by atoms with Crippen molar-refractivity contribution in [2.45, 2.75) is 96.9 Å². The highest BCUT2D eigenvalue weighted by atomic mass is 16.5. The molecular formula is C36H53N3O5. The lowest BCUT2D eigenvalue weighted by atomic mass is 9.88. The maximum absolute atomic E-state index is 14.3. The molecule has 0 unspecified atom stereocenters. The van der Waals surface area contributed by atoms with Gasteiger partial charge in [-0.2, -0.15) is 0 Å². The van der Waals surface area contributed by atoms with Crippen LogP contribution >= 0.6 is 0 Å². The Morgan fingerprint density at radius 1 is 1.05 bits per heavy atom. The molecular weight excluding hydrogens is 554 g/mol. The largest absolute Gasteiger partial charge is 0.490 e. The Labute approximate surface area is 264 Å². The maximum Gasteiger partial charge on any atom is 0.258 e. The van der Waals surface area contributed by atoms with Crippen molar-refractivity contribution in [3.8, 4) is 5.75 Å². The number of amides is 2. The second kappa shape index (κ2) is 16.9. The van der Waals surface area contributed by atoms with Crippen molar-refractivity contribution in [2.75, 3.05) is 38.7 Å². The Balaban J connectivity index is 1.59. The first kappa shape index (κ1) is 33.9. The van der Waals surface area contributed by atoms with Crippen molar-refractivity contribution in [1.82, 2.24) is 9.80 Å². The number of carbonyl (C=O) groups excluding carboxylic acids is 2. The SMILES string of the molecule is C[C@@H]1CN([C@@H](C)CO)C(=O)c2cc(NC(=O)C3CCCCC3)ccc2O[C@@H](C)CCCCO[C@@H]1CN(C)Cc1ccccc1. The number of nitrogens with one attached hydrogen (secondary N) is 1. The maximum atomic E-state index is 14.3. The van der Waals surface area contributed by atoms with Crippen LogP contribution in [0.15, 0.2) is 48.5 Å². The number of anilines is 1.